The highest BCUT2D eigenvalue weighted by Crippen LogP contribution is 2.32. The third-order valence-corrected chi connectivity index (χ3v) is 3.88. The molecule has 1 atom stereocenters. The van der Waals surface area contributed by atoms with E-state index in [1.165, 1.54) is 4.90 Å². The summed E-state index contributed by atoms with van der Waals surface area (Å²) < 4.78 is 0. The number of rotatable bonds is 4. The maximum absolute atomic E-state index is 11.7. The Morgan fingerprint density at radius 1 is 1.26 bits per heavy atom. The molecule has 1 unspecified atom stereocenters. The van der Waals surface area contributed by atoms with E-state index in [1.54, 1.807) is 13.1 Å². The Morgan fingerprint density at radius 2 is 1.95 bits per heavy atom. The highest BCUT2D eigenvalue weighted by Gasteiger charge is 2.33. The number of benzene rings is 1. The molecule has 4 nitrogen and oxygen atoms in total. The zero-order valence-corrected chi connectivity index (χ0v) is 11.9. The fourth-order valence-corrected chi connectivity index (χ4v) is 2.51. The van der Waals surface area contributed by atoms with E-state index in [2.05, 4.69) is 25.7 Å². The number of nitrogens with zero attached hydrogens (tertiary/aromatic N) is 2. The average Bonchev–Trinajstić information content (AvgIpc) is 2.64. The summed E-state index contributed by atoms with van der Waals surface area (Å²) in [5, 5.41) is 0. The molecule has 0 aliphatic carbocycles. The molecular weight excluding hydrogens is 240 g/mol. The number of ketones is 1. The number of fused-ring (bicyclic) bond motifs is 1. The van der Waals surface area contributed by atoms with Crippen LogP contribution in [0.4, 0.5) is 11.4 Å². The zero-order valence-electron chi connectivity index (χ0n) is 11.9. The van der Waals surface area contributed by atoms with Gasteiger partial charge in [-0.05, 0) is 38.5 Å². The van der Waals surface area contributed by atoms with Gasteiger partial charge >= 0.3 is 0 Å². The van der Waals surface area contributed by atoms with Gasteiger partial charge in [-0.2, -0.15) is 0 Å². The van der Waals surface area contributed by atoms with Crippen molar-refractivity contribution in [3.05, 3.63) is 23.8 Å². The maximum atomic E-state index is 11.7. The minimum absolute atomic E-state index is 0.407. The lowest BCUT2D eigenvalue weighted by Gasteiger charge is -2.30. The first-order valence-electron chi connectivity index (χ1n) is 6.74. The zero-order chi connectivity index (χ0) is 14.2. The lowest BCUT2D eigenvalue weighted by Crippen LogP contribution is -2.32. The highest BCUT2D eigenvalue weighted by atomic mass is 16.2. The quantitative estimate of drug-likeness (QED) is 0.781. The van der Waals surface area contributed by atoms with Crippen LogP contribution in [0.2, 0.25) is 0 Å². The molecule has 0 fully saturated rings. The second-order valence-electron chi connectivity index (χ2n) is 4.94. The molecule has 0 aromatic heterocycles. The maximum Gasteiger partial charge on any atom is 0.299 e. The third-order valence-electron chi connectivity index (χ3n) is 3.88. The summed E-state index contributed by atoms with van der Waals surface area (Å²) in [6.45, 7) is 7.34. The van der Waals surface area contributed by atoms with Gasteiger partial charge in [-0.1, -0.05) is 6.92 Å². The largest absolute Gasteiger partial charge is 0.369 e. The molecule has 0 radical (unpaired) electrons. The van der Waals surface area contributed by atoms with E-state index in [1.807, 2.05) is 12.1 Å². The van der Waals surface area contributed by atoms with Gasteiger partial charge < -0.3 is 9.80 Å². The van der Waals surface area contributed by atoms with Crippen LogP contribution in [0.25, 0.3) is 0 Å². The van der Waals surface area contributed by atoms with Crippen LogP contribution < -0.4 is 9.80 Å². The molecule has 19 heavy (non-hydrogen) atoms. The topological polar surface area (TPSA) is 40.6 Å². The summed E-state index contributed by atoms with van der Waals surface area (Å²) in [5.41, 5.74) is 2.29. The molecule has 1 heterocycles. The fraction of sp³-hybridized carbons (Fsp3) is 0.467. The molecule has 2 rings (SSSR count). The Balaban J connectivity index is 2.42. The molecule has 0 saturated heterocycles. The van der Waals surface area contributed by atoms with E-state index in [9.17, 15) is 9.59 Å². The van der Waals surface area contributed by atoms with Crippen molar-refractivity contribution in [2.45, 2.75) is 33.2 Å². The molecule has 4 heteroatoms. The number of likely N-dealkylation sites (N-methyl/N-ethyl adjacent to an activating group) is 1. The second-order valence-corrected chi connectivity index (χ2v) is 4.94. The van der Waals surface area contributed by atoms with Gasteiger partial charge in [0.25, 0.3) is 11.7 Å². The van der Waals surface area contributed by atoms with E-state index in [-0.39, 0.29) is 0 Å². The Kier molecular flexibility index (Phi) is 3.60. The first-order chi connectivity index (χ1) is 9.01. The van der Waals surface area contributed by atoms with Gasteiger partial charge in [0, 0.05) is 25.3 Å². The summed E-state index contributed by atoms with van der Waals surface area (Å²) >= 11 is 0. The normalized spacial score (nSPS) is 15.7. The highest BCUT2D eigenvalue weighted by molar-refractivity contribution is 6.52. The van der Waals surface area contributed by atoms with Crippen LogP contribution in [-0.2, 0) is 4.79 Å². The number of hydrogen-bond acceptors (Lipinski definition) is 3. The van der Waals surface area contributed by atoms with Crippen LogP contribution in [0.15, 0.2) is 18.2 Å². The lowest BCUT2D eigenvalue weighted by atomic mass is 10.1. The molecule has 0 spiro atoms. The van der Waals surface area contributed by atoms with Gasteiger partial charge in [0.2, 0.25) is 0 Å². The van der Waals surface area contributed by atoms with Gasteiger partial charge in [0.05, 0.1) is 11.3 Å². The summed E-state index contributed by atoms with van der Waals surface area (Å²) in [6, 6.07) is 6.06. The summed E-state index contributed by atoms with van der Waals surface area (Å²) in [6.07, 6.45) is 1.05. The minimum atomic E-state index is -0.446. The van der Waals surface area contributed by atoms with Crippen LogP contribution in [0.3, 0.4) is 0 Å². The van der Waals surface area contributed by atoms with Crippen molar-refractivity contribution >= 4 is 23.1 Å². The molecule has 1 aliphatic heterocycles. The number of Topliss-reactive ketones (excluding diaryl/α,β-unsaturated/α-hetero) is 1. The number of amides is 1. The molecular formula is C15H20N2O2. The first-order valence-corrected chi connectivity index (χ1v) is 6.74. The fourth-order valence-electron chi connectivity index (χ4n) is 2.51. The van der Waals surface area contributed by atoms with Crippen LogP contribution in [0.1, 0.15) is 37.6 Å². The van der Waals surface area contributed by atoms with Gasteiger partial charge in [0.1, 0.15) is 0 Å². The van der Waals surface area contributed by atoms with Gasteiger partial charge in [-0.15, -0.1) is 0 Å². The molecule has 0 N–H and O–H groups in total. The lowest BCUT2D eigenvalue weighted by molar-refractivity contribution is -0.114. The predicted molar refractivity (Wildman–Crippen MR) is 77.0 cm³/mol. The summed E-state index contributed by atoms with van der Waals surface area (Å²) in [7, 11) is 1.65. The minimum Gasteiger partial charge on any atom is -0.369 e. The number of carbonyl (C=O) groups is 2. The first kappa shape index (κ1) is 13.6. The second kappa shape index (κ2) is 5.03. The van der Waals surface area contributed by atoms with Crippen LogP contribution >= 0.6 is 0 Å². The predicted octanol–water partition coefficient (Wildman–Crippen LogP) is 2.47. The average molecular weight is 260 g/mol. The molecule has 1 aromatic rings. The number of anilines is 2. The van der Waals surface area contributed by atoms with Crippen molar-refractivity contribution in [1.29, 1.82) is 0 Å². The van der Waals surface area contributed by atoms with Crippen molar-refractivity contribution < 1.29 is 9.59 Å². The van der Waals surface area contributed by atoms with E-state index in [0.29, 0.717) is 17.3 Å². The number of carbonyl (C=O) groups excluding carboxylic acids is 2. The Bertz CT molecular complexity index is 525. The third kappa shape index (κ3) is 2.11. The van der Waals surface area contributed by atoms with Gasteiger partial charge in [-0.25, -0.2) is 0 Å². The van der Waals surface area contributed by atoms with Crippen LogP contribution in [-0.4, -0.2) is 31.3 Å². The monoisotopic (exact) mass is 260 g/mol. The summed E-state index contributed by atoms with van der Waals surface area (Å²) in [5.74, 6) is -0.852. The van der Waals surface area contributed by atoms with E-state index in [0.717, 1.165) is 18.7 Å². The van der Waals surface area contributed by atoms with E-state index < -0.39 is 11.7 Å². The standard InChI is InChI=1S/C15H20N2O2/c1-5-10(3)17(6-2)11-7-8-12-13(9-11)16(4)15(19)14(12)18/h7-10H,5-6H2,1-4H3. The molecule has 102 valence electrons. The van der Waals surface area contributed by atoms with Crippen molar-refractivity contribution in [3.63, 3.8) is 0 Å². The van der Waals surface area contributed by atoms with Crippen LogP contribution in [0, 0.1) is 0 Å². The molecule has 1 amide bonds. The number of hydrogen-bond donors (Lipinski definition) is 0. The molecule has 1 aromatic carbocycles. The molecule has 0 saturated carbocycles. The Labute approximate surface area is 114 Å². The van der Waals surface area contributed by atoms with E-state index >= 15 is 0 Å². The Morgan fingerprint density at radius 3 is 2.53 bits per heavy atom. The van der Waals surface area contributed by atoms with Crippen molar-refractivity contribution in [3.8, 4) is 0 Å². The van der Waals surface area contributed by atoms with Crippen molar-refractivity contribution in [2.75, 3.05) is 23.4 Å². The molecule has 0 bridgehead atoms. The van der Waals surface area contributed by atoms with Crippen molar-refractivity contribution in [1.82, 2.24) is 0 Å². The molecule has 1 aliphatic rings. The van der Waals surface area contributed by atoms with Gasteiger partial charge in [-0.3, -0.25) is 9.59 Å². The van der Waals surface area contributed by atoms with Crippen LogP contribution in [0.5, 0.6) is 0 Å². The summed E-state index contributed by atoms with van der Waals surface area (Å²) in [4.78, 5) is 27.1. The van der Waals surface area contributed by atoms with Crippen molar-refractivity contribution in [2.24, 2.45) is 0 Å². The van der Waals surface area contributed by atoms with Gasteiger partial charge in [0.15, 0.2) is 0 Å². The SMILES string of the molecule is CCC(C)N(CC)c1ccc2c(c1)N(C)C(=O)C2=O. The Hall–Kier alpha value is -1.84. The smallest absolute Gasteiger partial charge is 0.299 e. The van der Waals surface area contributed by atoms with E-state index in [4.69, 9.17) is 0 Å².